The molecule has 2 aromatic rings. The monoisotopic (exact) mass is 499 g/mol. The van der Waals surface area contributed by atoms with E-state index in [1.165, 1.54) is 24.3 Å². The lowest BCUT2D eigenvalue weighted by Crippen LogP contribution is -2.17. The van der Waals surface area contributed by atoms with E-state index in [9.17, 15) is 31.5 Å². The Kier molecular flexibility index (Phi) is 7.90. The molecule has 0 saturated heterocycles. The first kappa shape index (κ1) is 25.5. The predicted octanol–water partition coefficient (Wildman–Crippen LogP) is 1.21. The third-order valence-corrected chi connectivity index (χ3v) is 5.82. The number of hydrogen-bond donors (Lipinski definition) is 4. The van der Waals surface area contributed by atoms with E-state index >= 15 is 0 Å². The standard InChI is InChI=1S/C19H21N3O9S2/c1-30-18(24)11-16(19(25)31-2)20-15-10-14(7-8-17(15)23)33(28,29)22-13-6-4-5-12(9-13)21-32(3,26)27/h4-11,20-23H,1-3H3/b16-11+. The fourth-order valence-electron chi connectivity index (χ4n) is 2.43. The molecule has 33 heavy (non-hydrogen) atoms. The summed E-state index contributed by atoms with van der Waals surface area (Å²) >= 11 is 0. The van der Waals surface area contributed by atoms with Crippen LogP contribution in [0.4, 0.5) is 17.1 Å². The molecule has 0 aliphatic rings. The lowest BCUT2D eigenvalue weighted by molar-refractivity contribution is -0.138. The molecule has 0 saturated carbocycles. The highest BCUT2D eigenvalue weighted by Gasteiger charge is 2.19. The molecular formula is C19H21N3O9S2. The van der Waals surface area contributed by atoms with Gasteiger partial charge in [0, 0.05) is 0 Å². The Bertz CT molecular complexity index is 1300. The Morgan fingerprint density at radius 2 is 1.58 bits per heavy atom. The first-order chi connectivity index (χ1) is 15.3. The smallest absolute Gasteiger partial charge is 0.354 e. The average molecular weight is 500 g/mol. The molecule has 0 spiro atoms. The van der Waals surface area contributed by atoms with Gasteiger partial charge in [-0.2, -0.15) is 0 Å². The highest BCUT2D eigenvalue weighted by Crippen LogP contribution is 2.29. The van der Waals surface area contributed by atoms with Crippen LogP contribution in [-0.4, -0.2) is 54.4 Å². The van der Waals surface area contributed by atoms with E-state index in [0.717, 1.165) is 44.8 Å². The highest BCUT2D eigenvalue weighted by atomic mass is 32.2. The topological polar surface area (TPSA) is 177 Å². The van der Waals surface area contributed by atoms with Gasteiger partial charge in [-0.1, -0.05) is 6.07 Å². The molecule has 0 aliphatic heterocycles. The number of rotatable bonds is 9. The minimum absolute atomic E-state index is 0.0621. The van der Waals surface area contributed by atoms with Gasteiger partial charge in [-0.15, -0.1) is 0 Å². The quantitative estimate of drug-likeness (QED) is 0.223. The summed E-state index contributed by atoms with van der Waals surface area (Å²) in [6, 6.07) is 8.73. The number of hydrogen-bond acceptors (Lipinski definition) is 10. The van der Waals surface area contributed by atoms with E-state index in [4.69, 9.17) is 0 Å². The average Bonchev–Trinajstić information content (AvgIpc) is 2.72. The number of phenols is 1. The van der Waals surface area contributed by atoms with Crippen molar-refractivity contribution < 1.29 is 41.0 Å². The third kappa shape index (κ3) is 7.40. The summed E-state index contributed by atoms with van der Waals surface area (Å²) in [5, 5.41) is 12.5. The maximum atomic E-state index is 12.8. The third-order valence-electron chi connectivity index (χ3n) is 3.83. The highest BCUT2D eigenvalue weighted by molar-refractivity contribution is 7.92. The fraction of sp³-hybridized carbons (Fsp3) is 0.158. The number of nitrogens with one attached hydrogen (secondary N) is 3. The van der Waals surface area contributed by atoms with Crippen molar-refractivity contribution >= 4 is 49.0 Å². The normalized spacial score (nSPS) is 11.9. The minimum Gasteiger partial charge on any atom is -0.506 e. The van der Waals surface area contributed by atoms with E-state index < -0.39 is 43.4 Å². The van der Waals surface area contributed by atoms with Crippen LogP contribution in [-0.2, 0) is 39.1 Å². The number of phenolic OH excluding ortho intramolecular Hbond substituents is 1. The van der Waals surface area contributed by atoms with E-state index in [1.807, 2.05) is 0 Å². The van der Waals surface area contributed by atoms with Gasteiger partial charge in [0.15, 0.2) is 0 Å². The van der Waals surface area contributed by atoms with Crippen LogP contribution in [0, 0.1) is 0 Å². The Morgan fingerprint density at radius 1 is 0.939 bits per heavy atom. The molecule has 4 N–H and O–H groups in total. The number of anilines is 3. The number of carbonyl (C=O) groups excluding carboxylic acids is 2. The van der Waals surface area contributed by atoms with Crippen LogP contribution in [0.5, 0.6) is 5.75 Å². The summed E-state index contributed by atoms with van der Waals surface area (Å²) in [6.45, 7) is 0. The molecule has 0 atom stereocenters. The van der Waals surface area contributed by atoms with Crippen molar-refractivity contribution in [1.82, 2.24) is 0 Å². The number of ether oxygens (including phenoxy) is 2. The van der Waals surface area contributed by atoms with Crippen molar-refractivity contribution in [3.63, 3.8) is 0 Å². The molecule has 178 valence electrons. The molecule has 0 aliphatic carbocycles. The largest absolute Gasteiger partial charge is 0.506 e. The zero-order valence-corrected chi connectivity index (χ0v) is 19.3. The number of esters is 2. The first-order valence-electron chi connectivity index (χ1n) is 8.93. The predicted molar refractivity (Wildman–Crippen MR) is 120 cm³/mol. The van der Waals surface area contributed by atoms with Gasteiger partial charge in [0.2, 0.25) is 10.0 Å². The molecule has 0 radical (unpaired) electrons. The molecule has 2 rings (SSSR count). The van der Waals surface area contributed by atoms with Crippen LogP contribution < -0.4 is 14.8 Å². The van der Waals surface area contributed by atoms with Crippen molar-refractivity contribution in [3.05, 3.63) is 54.2 Å². The Morgan fingerprint density at radius 3 is 2.15 bits per heavy atom. The van der Waals surface area contributed by atoms with E-state index in [-0.39, 0.29) is 22.0 Å². The van der Waals surface area contributed by atoms with Gasteiger partial charge in [-0.05, 0) is 36.4 Å². The van der Waals surface area contributed by atoms with Crippen LogP contribution in [0.1, 0.15) is 0 Å². The second kappa shape index (κ2) is 10.2. The molecule has 0 amide bonds. The van der Waals surface area contributed by atoms with Crippen molar-refractivity contribution in [1.29, 1.82) is 0 Å². The number of methoxy groups -OCH3 is 2. The molecule has 0 aromatic heterocycles. The molecular weight excluding hydrogens is 478 g/mol. The van der Waals surface area contributed by atoms with Crippen molar-refractivity contribution in [3.8, 4) is 5.75 Å². The molecule has 0 unspecified atom stereocenters. The zero-order valence-electron chi connectivity index (χ0n) is 17.6. The van der Waals surface area contributed by atoms with Gasteiger partial charge in [0.1, 0.15) is 11.4 Å². The number of sulfonamides is 2. The summed E-state index contributed by atoms with van der Waals surface area (Å²) in [7, 11) is -5.63. The summed E-state index contributed by atoms with van der Waals surface area (Å²) in [5.74, 6) is -2.29. The number of carbonyl (C=O) groups is 2. The van der Waals surface area contributed by atoms with Gasteiger partial charge in [0.25, 0.3) is 10.0 Å². The van der Waals surface area contributed by atoms with E-state index in [2.05, 4.69) is 24.2 Å². The second-order valence-electron chi connectivity index (χ2n) is 6.44. The Hall–Kier alpha value is -3.78. The Labute approximate surface area is 190 Å². The second-order valence-corrected chi connectivity index (χ2v) is 9.87. The Balaban J connectivity index is 2.37. The lowest BCUT2D eigenvalue weighted by atomic mass is 10.2. The summed E-state index contributed by atoms with van der Waals surface area (Å²) in [5.41, 5.74) is -0.430. The SMILES string of the molecule is COC(=O)/C=C(/Nc1cc(S(=O)(=O)Nc2cccc(NS(C)(=O)=O)c2)ccc1O)C(=O)OC. The van der Waals surface area contributed by atoms with Crippen LogP contribution in [0.2, 0.25) is 0 Å². The molecule has 0 fully saturated rings. The number of benzene rings is 2. The van der Waals surface area contributed by atoms with Crippen molar-refractivity contribution in [2.75, 3.05) is 35.2 Å². The van der Waals surface area contributed by atoms with Gasteiger partial charge < -0.3 is 19.9 Å². The molecule has 0 bridgehead atoms. The maximum absolute atomic E-state index is 12.8. The van der Waals surface area contributed by atoms with Crippen LogP contribution in [0.25, 0.3) is 0 Å². The maximum Gasteiger partial charge on any atom is 0.354 e. The summed E-state index contributed by atoms with van der Waals surface area (Å²) in [4.78, 5) is 23.1. The molecule has 2 aromatic carbocycles. The minimum atomic E-state index is -4.21. The van der Waals surface area contributed by atoms with Gasteiger partial charge >= 0.3 is 11.9 Å². The van der Waals surface area contributed by atoms with Gasteiger partial charge in [-0.3, -0.25) is 9.44 Å². The van der Waals surface area contributed by atoms with Gasteiger partial charge in [-0.25, -0.2) is 26.4 Å². The molecule has 14 heteroatoms. The lowest BCUT2D eigenvalue weighted by Gasteiger charge is -2.14. The molecule has 12 nitrogen and oxygen atoms in total. The van der Waals surface area contributed by atoms with Gasteiger partial charge in [0.05, 0.1) is 48.5 Å². The van der Waals surface area contributed by atoms with Crippen LogP contribution in [0.15, 0.2) is 59.1 Å². The first-order valence-corrected chi connectivity index (χ1v) is 12.3. The van der Waals surface area contributed by atoms with Crippen molar-refractivity contribution in [2.45, 2.75) is 4.90 Å². The van der Waals surface area contributed by atoms with E-state index in [1.54, 1.807) is 0 Å². The zero-order chi connectivity index (χ0) is 24.8. The van der Waals surface area contributed by atoms with Crippen LogP contribution in [0.3, 0.4) is 0 Å². The van der Waals surface area contributed by atoms with Crippen molar-refractivity contribution in [2.24, 2.45) is 0 Å². The summed E-state index contributed by atoms with van der Waals surface area (Å²) < 4.78 is 61.9. The summed E-state index contributed by atoms with van der Waals surface area (Å²) in [6.07, 6.45) is 1.72. The van der Waals surface area contributed by atoms with Crippen LogP contribution >= 0.6 is 0 Å². The number of aromatic hydroxyl groups is 1. The molecule has 0 heterocycles. The fourth-order valence-corrected chi connectivity index (χ4v) is 4.07. The van der Waals surface area contributed by atoms with E-state index in [0.29, 0.717) is 0 Å².